The van der Waals surface area contributed by atoms with E-state index >= 15 is 0 Å². The van der Waals surface area contributed by atoms with Gasteiger partial charge in [0.25, 0.3) is 0 Å². The molecule has 0 aliphatic heterocycles. The Hall–Kier alpha value is -5.52. The van der Waals surface area contributed by atoms with Crippen LogP contribution in [0.2, 0.25) is 0 Å². The van der Waals surface area contributed by atoms with Crippen molar-refractivity contribution < 1.29 is 22.0 Å². The number of halogens is 5. The summed E-state index contributed by atoms with van der Waals surface area (Å²) < 4.78 is 72.1. The van der Waals surface area contributed by atoms with Gasteiger partial charge in [0, 0.05) is 11.1 Å². The van der Waals surface area contributed by atoms with Gasteiger partial charge in [0.2, 0.25) is 5.82 Å². The highest BCUT2D eigenvalue weighted by Gasteiger charge is 2.35. The molecule has 250 valence electrons. The molecule has 2 aliphatic rings. The largest absolute Gasteiger partial charge is 0.203 e. The number of allylic oxidation sites excluding steroid dienone is 2. The highest BCUT2D eigenvalue weighted by molar-refractivity contribution is 7.40. The second-order valence-electron chi connectivity index (χ2n) is 12.2. The Morgan fingerprint density at radius 1 is 0.442 bits per heavy atom. The van der Waals surface area contributed by atoms with Crippen LogP contribution in [0.5, 0.6) is 0 Å². The molecule has 0 spiro atoms. The van der Waals surface area contributed by atoms with Crippen molar-refractivity contribution in [2.24, 2.45) is 0 Å². The zero-order chi connectivity index (χ0) is 37.5. The lowest BCUT2D eigenvalue weighted by molar-refractivity contribution is 0.381. The Labute approximate surface area is 301 Å². The SMILES string of the molecule is Cc1c(C)c(-c2ccc3c(c2)C(=C(C#N)C#N)c2cc4c(cc2-3)C(=C(C#N)C#N)c2cc(-c3c(F)c(F)c(F)c(F)c3F)ccc2-4)c(P)c(P)c1P. The van der Waals surface area contributed by atoms with E-state index in [-0.39, 0.29) is 27.8 Å². The number of benzene rings is 5. The van der Waals surface area contributed by atoms with Gasteiger partial charge >= 0.3 is 0 Å². The Morgan fingerprint density at radius 3 is 1.25 bits per heavy atom. The van der Waals surface area contributed by atoms with Crippen molar-refractivity contribution in [1.82, 2.24) is 0 Å². The minimum atomic E-state index is -2.30. The van der Waals surface area contributed by atoms with Gasteiger partial charge < -0.3 is 0 Å². The normalized spacial score (nSPS) is 11.9. The maximum atomic E-state index is 14.9. The summed E-state index contributed by atoms with van der Waals surface area (Å²) in [7, 11) is 8.33. The minimum absolute atomic E-state index is 0.101. The summed E-state index contributed by atoms with van der Waals surface area (Å²) in [5.74, 6) is -10.6. The molecule has 0 radical (unpaired) electrons. The predicted octanol–water partition coefficient (Wildman–Crippen LogP) is 8.49. The fourth-order valence-electron chi connectivity index (χ4n) is 7.15. The quantitative estimate of drug-likeness (QED) is 0.0584. The third-order valence-corrected chi connectivity index (χ3v) is 12.4. The minimum Gasteiger partial charge on any atom is -0.203 e. The molecular weight excluding hydrogens is 724 g/mol. The van der Waals surface area contributed by atoms with Crippen molar-refractivity contribution in [3.63, 3.8) is 0 Å². The third kappa shape index (κ3) is 4.79. The number of hydrogen-bond donors (Lipinski definition) is 0. The molecule has 12 heteroatoms. The molecule has 3 atom stereocenters. The smallest absolute Gasteiger partial charge is 0.200 e. The Bertz CT molecular complexity index is 2510. The van der Waals surface area contributed by atoms with E-state index in [2.05, 4.69) is 27.7 Å². The summed E-state index contributed by atoms with van der Waals surface area (Å²) in [6, 6.07) is 20.8. The molecule has 4 nitrogen and oxygen atoms in total. The molecule has 5 aromatic rings. The number of fused-ring (bicyclic) bond motifs is 6. The van der Waals surface area contributed by atoms with Crippen molar-refractivity contribution in [3.05, 3.63) is 122 Å². The molecular formula is C40H20F5N4P3. The molecule has 0 N–H and O–H groups in total. The average molecular weight is 745 g/mol. The first-order chi connectivity index (χ1) is 24.8. The van der Waals surface area contributed by atoms with Crippen molar-refractivity contribution in [1.29, 1.82) is 21.0 Å². The molecule has 0 bridgehead atoms. The fourth-order valence-corrected chi connectivity index (χ4v) is 8.59. The second-order valence-corrected chi connectivity index (χ2v) is 14.0. The first-order valence-corrected chi connectivity index (χ1v) is 17.1. The predicted molar refractivity (Wildman–Crippen MR) is 200 cm³/mol. The average Bonchev–Trinajstić information content (AvgIpc) is 3.63. The van der Waals surface area contributed by atoms with Crippen LogP contribution in [-0.4, -0.2) is 0 Å². The molecule has 0 aromatic heterocycles. The van der Waals surface area contributed by atoms with Crippen LogP contribution in [0.1, 0.15) is 33.4 Å². The summed E-state index contributed by atoms with van der Waals surface area (Å²) in [6.45, 7) is 4.06. The molecule has 7 rings (SSSR count). The number of hydrogen-bond acceptors (Lipinski definition) is 4. The van der Waals surface area contributed by atoms with Gasteiger partial charge in [0.15, 0.2) is 23.3 Å². The van der Waals surface area contributed by atoms with Crippen LogP contribution in [0.4, 0.5) is 22.0 Å². The van der Waals surface area contributed by atoms with E-state index < -0.39 is 34.6 Å². The summed E-state index contributed by atoms with van der Waals surface area (Å²) in [4.78, 5) is 0. The van der Waals surface area contributed by atoms with E-state index in [9.17, 15) is 43.0 Å². The monoisotopic (exact) mass is 744 g/mol. The standard InChI is InChI=1S/C40H20F5N4P3/c1-15-16(2)38(50)40(52)39(51)29(15)17-3-5-21-23-9-28-24(10-27(23)30(25(21)7-17)19(11-46)12-47)22-6-4-18(8-26(22)31(28)20(13-48)14-49)32-33(41)35(43)37(45)36(44)34(32)42/h3-10H,50-52H2,1-2H3. The fraction of sp³-hybridized carbons (Fsp3) is 0.0500. The van der Waals surface area contributed by atoms with E-state index in [1.165, 1.54) is 18.2 Å². The molecule has 52 heavy (non-hydrogen) atoms. The lowest BCUT2D eigenvalue weighted by atomic mass is 9.92. The van der Waals surface area contributed by atoms with Gasteiger partial charge in [-0.25, -0.2) is 22.0 Å². The van der Waals surface area contributed by atoms with E-state index in [0.717, 1.165) is 38.2 Å². The molecule has 3 unspecified atom stereocenters. The van der Waals surface area contributed by atoms with Crippen molar-refractivity contribution in [3.8, 4) is 68.8 Å². The molecule has 0 saturated carbocycles. The second kappa shape index (κ2) is 12.6. The lowest BCUT2D eigenvalue weighted by Crippen LogP contribution is -2.29. The first-order valence-electron chi connectivity index (χ1n) is 15.3. The molecule has 0 heterocycles. The maximum absolute atomic E-state index is 14.9. The number of rotatable bonds is 2. The molecule has 0 fully saturated rings. The highest BCUT2D eigenvalue weighted by atomic mass is 31.0. The molecule has 2 aliphatic carbocycles. The van der Waals surface area contributed by atoms with Crippen LogP contribution in [0, 0.1) is 88.3 Å². The Kier molecular flexibility index (Phi) is 8.46. The topological polar surface area (TPSA) is 95.2 Å². The summed E-state index contributed by atoms with van der Waals surface area (Å²) >= 11 is 0. The van der Waals surface area contributed by atoms with Gasteiger partial charge in [-0.1, -0.05) is 24.3 Å². The van der Waals surface area contributed by atoms with E-state index in [4.69, 9.17) is 0 Å². The summed E-state index contributed by atoms with van der Waals surface area (Å²) in [5, 5.41) is 43.3. The molecule has 0 amide bonds. The lowest BCUT2D eigenvalue weighted by Gasteiger charge is -2.19. The molecule has 5 aromatic carbocycles. The van der Waals surface area contributed by atoms with E-state index in [0.29, 0.717) is 44.5 Å². The van der Waals surface area contributed by atoms with Crippen LogP contribution >= 0.6 is 27.7 Å². The van der Waals surface area contributed by atoms with Crippen molar-refractivity contribution >= 4 is 54.8 Å². The number of nitrogens with zero attached hydrogens (tertiary/aromatic N) is 4. The van der Waals surface area contributed by atoms with Crippen LogP contribution in [0.15, 0.2) is 59.7 Å². The van der Waals surface area contributed by atoms with Crippen LogP contribution in [0.3, 0.4) is 0 Å². The summed E-state index contributed by atoms with van der Waals surface area (Å²) in [6.07, 6.45) is 0. The summed E-state index contributed by atoms with van der Waals surface area (Å²) in [5.41, 5.74) is 6.32. The van der Waals surface area contributed by atoms with Gasteiger partial charge in [0.1, 0.15) is 35.4 Å². The zero-order valence-corrected chi connectivity index (χ0v) is 30.5. The van der Waals surface area contributed by atoms with Crippen LogP contribution < -0.4 is 15.9 Å². The number of nitriles is 4. The zero-order valence-electron chi connectivity index (χ0n) is 27.0. The van der Waals surface area contributed by atoms with Gasteiger partial charge in [-0.3, -0.25) is 0 Å². The van der Waals surface area contributed by atoms with Gasteiger partial charge in [-0.05, 0) is 126 Å². The van der Waals surface area contributed by atoms with Crippen LogP contribution in [0.25, 0.3) is 55.7 Å². The maximum Gasteiger partial charge on any atom is 0.200 e. The van der Waals surface area contributed by atoms with Gasteiger partial charge in [-0.2, -0.15) is 21.0 Å². The third-order valence-electron chi connectivity index (χ3n) is 9.78. The van der Waals surface area contributed by atoms with E-state index in [1.807, 2.05) is 56.3 Å². The highest BCUT2D eigenvalue weighted by Crippen LogP contribution is 2.54. The Balaban J connectivity index is 1.50. The van der Waals surface area contributed by atoms with Crippen molar-refractivity contribution in [2.75, 3.05) is 0 Å². The first kappa shape index (κ1) is 34.9. The van der Waals surface area contributed by atoms with Crippen LogP contribution in [-0.2, 0) is 0 Å². The van der Waals surface area contributed by atoms with Gasteiger partial charge in [-0.15, -0.1) is 27.7 Å². The van der Waals surface area contributed by atoms with E-state index in [1.54, 1.807) is 12.1 Å². The van der Waals surface area contributed by atoms with Gasteiger partial charge in [0.05, 0.1) is 5.56 Å². The Morgan fingerprint density at radius 2 is 0.827 bits per heavy atom. The molecule has 0 saturated heterocycles. The van der Waals surface area contributed by atoms with Crippen molar-refractivity contribution in [2.45, 2.75) is 13.8 Å².